The first-order valence-electron chi connectivity index (χ1n) is 14.5. The van der Waals surface area contributed by atoms with Crippen LogP contribution in [0.2, 0.25) is 5.02 Å². The molecule has 5 rings (SSSR count). The molecular formula is C35H31ClN4O6S. The molecule has 2 amide bonds. The Morgan fingerprint density at radius 2 is 1.53 bits per heavy atom. The Bertz CT molecular complexity index is 1940. The van der Waals surface area contributed by atoms with Crippen LogP contribution < -0.4 is 15.5 Å². The van der Waals surface area contributed by atoms with E-state index < -0.39 is 21.8 Å². The Morgan fingerprint density at radius 3 is 2.23 bits per heavy atom. The largest absolute Gasteiger partial charge is 0.489 e. The number of hydrazone groups is 1. The zero-order chi connectivity index (χ0) is 33.2. The molecule has 0 spiro atoms. The molecule has 0 saturated heterocycles. The maximum absolute atomic E-state index is 13.6. The SMILES string of the molecule is Cc1ccc(CN(Cc2ccc(/C=N/NC(=O)C(=O)Nc3ccc(OCc4ccccc4)cc3)o2)S(=O)(=O)c2ccc(Cl)cc2)cc1. The number of anilines is 1. The zero-order valence-corrected chi connectivity index (χ0v) is 26.9. The van der Waals surface area contributed by atoms with Gasteiger partial charge in [0.15, 0.2) is 0 Å². The van der Waals surface area contributed by atoms with Crippen LogP contribution in [-0.4, -0.2) is 30.8 Å². The van der Waals surface area contributed by atoms with Crippen molar-refractivity contribution in [3.8, 4) is 5.75 Å². The minimum atomic E-state index is -3.92. The number of hydrogen-bond donors (Lipinski definition) is 2. The van der Waals surface area contributed by atoms with Gasteiger partial charge in [0.25, 0.3) is 0 Å². The second-order valence-corrected chi connectivity index (χ2v) is 12.8. The summed E-state index contributed by atoms with van der Waals surface area (Å²) in [6, 6.07) is 33.0. The quantitative estimate of drug-likeness (QED) is 0.0910. The van der Waals surface area contributed by atoms with E-state index in [0.29, 0.717) is 28.8 Å². The molecule has 0 aliphatic heterocycles. The van der Waals surface area contributed by atoms with Crippen LogP contribution in [-0.2, 0) is 39.3 Å². The van der Waals surface area contributed by atoms with E-state index in [9.17, 15) is 18.0 Å². The lowest BCUT2D eigenvalue weighted by molar-refractivity contribution is -0.136. The zero-order valence-electron chi connectivity index (χ0n) is 25.3. The van der Waals surface area contributed by atoms with E-state index >= 15 is 0 Å². The van der Waals surface area contributed by atoms with Gasteiger partial charge in [-0.1, -0.05) is 71.8 Å². The monoisotopic (exact) mass is 670 g/mol. The van der Waals surface area contributed by atoms with E-state index in [1.54, 1.807) is 36.4 Å². The molecule has 240 valence electrons. The number of rotatable bonds is 12. The number of hydrogen-bond acceptors (Lipinski definition) is 7. The number of furan rings is 1. The van der Waals surface area contributed by atoms with Crippen molar-refractivity contribution in [3.63, 3.8) is 0 Å². The topological polar surface area (TPSA) is 130 Å². The van der Waals surface area contributed by atoms with Crippen molar-refractivity contribution in [2.24, 2.45) is 5.10 Å². The van der Waals surface area contributed by atoms with Crippen LogP contribution in [0.4, 0.5) is 5.69 Å². The first-order chi connectivity index (χ1) is 22.7. The smallest absolute Gasteiger partial charge is 0.329 e. The summed E-state index contributed by atoms with van der Waals surface area (Å²) >= 11 is 5.98. The summed E-state index contributed by atoms with van der Waals surface area (Å²) in [5, 5.41) is 6.72. The molecule has 0 aliphatic rings. The Balaban J connectivity index is 1.16. The Morgan fingerprint density at radius 1 is 0.830 bits per heavy atom. The Hall–Kier alpha value is -5.23. The Kier molecular flexibility index (Phi) is 10.8. The molecule has 5 aromatic rings. The van der Waals surface area contributed by atoms with Crippen LogP contribution in [0.25, 0.3) is 0 Å². The van der Waals surface area contributed by atoms with Crippen molar-refractivity contribution in [3.05, 3.63) is 148 Å². The number of carbonyl (C=O) groups excluding carboxylic acids is 2. The average molecular weight is 671 g/mol. The molecule has 1 aromatic heterocycles. The van der Waals surface area contributed by atoms with E-state index in [0.717, 1.165) is 16.7 Å². The van der Waals surface area contributed by atoms with Gasteiger partial charge < -0.3 is 14.5 Å². The summed E-state index contributed by atoms with van der Waals surface area (Å²) in [6.45, 7) is 2.38. The highest BCUT2D eigenvalue weighted by molar-refractivity contribution is 7.89. The summed E-state index contributed by atoms with van der Waals surface area (Å²) in [5.74, 6) is -0.711. The number of halogens is 1. The molecule has 10 nitrogen and oxygen atoms in total. The van der Waals surface area contributed by atoms with Gasteiger partial charge in [-0.05, 0) is 78.7 Å². The van der Waals surface area contributed by atoms with Crippen molar-refractivity contribution in [1.29, 1.82) is 0 Å². The van der Waals surface area contributed by atoms with Gasteiger partial charge in [0, 0.05) is 17.3 Å². The van der Waals surface area contributed by atoms with Gasteiger partial charge in [-0.15, -0.1) is 0 Å². The van der Waals surface area contributed by atoms with Crippen molar-refractivity contribution < 1.29 is 27.2 Å². The number of benzene rings is 4. The van der Waals surface area contributed by atoms with E-state index in [1.165, 1.54) is 34.8 Å². The van der Waals surface area contributed by atoms with E-state index in [4.69, 9.17) is 20.8 Å². The summed E-state index contributed by atoms with van der Waals surface area (Å²) in [5.41, 5.74) is 5.44. The van der Waals surface area contributed by atoms with Crippen LogP contribution in [0, 0.1) is 6.92 Å². The molecular weight excluding hydrogens is 640 g/mol. The van der Waals surface area contributed by atoms with Gasteiger partial charge in [-0.25, -0.2) is 13.8 Å². The van der Waals surface area contributed by atoms with Gasteiger partial charge >= 0.3 is 11.8 Å². The normalized spacial score (nSPS) is 11.5. The van der Waals surface area contributed by atoms with Gasteiger partial charge in [0.1, 0.15) is 23.9 Å². The fourth-order valence-electron chi connectivity index (χ4n) is 4.37. The summed E-state index contributed by atoms with van der Waals surface area (Å²) in [6.07, 6.45) is 1.21. The molecule has 0 unspecified atom stereocenters. The highest BCUT2D eigenvalue weighted by atomic mass is 35.5. The van der Waals surface area contributed by atoms with Crippen molar-refractivity contribution in [1.82, 2.24) is 9.73 Å². The molecule has 1 heterocycles. The van der Waals surface area contributed by atoms with Crippen LogP contribution >= 0.6 is 11.6 Å². The molecule has 0 atom stereocenters. The molecule has 12 heteroatoms. The number of ether oxygens (including phenoxy) is 1. The first-order valence-corrected chi connectivity index (χ1v) is 16.3. The van der Waals surface area contributed by atoms with E-state index in [2.05, 4.69) is 15.8 Å². The van der Waals surface area contributed by atoms with Crippen molar-refractivity contribution in [2.45, 2.75) is 31.5 Å². The third kappa shape index (κ3) is 9.39. The van der Waals surface area contributed by atoms with Crippen LogP contribution in [0.5, 0.6) is 5.75 Å². The third-order valence-corrected chi connectivity index (χ3v) is 8.93. The average Bonchev–Trinajstić information content (AvgIpc) is 3.52. The number of carbonyl (C=O) groups is 2. The summed E-state index contributed by atoms with van der Waals surface area (Å²) in [7, 11) is -3.92. The first kappa shape index (κ1) is 33.1. The van der Waals surface area contributed by atoms with E-state index in [1.807, 2.05) is 61.5 Å². The molecule has 0 fully saturated rings. The highest BCUT2D eigenvalue weighted by Crippen LogP contribution is 2.24. The molecule has 0 radical (unpaired) electrons. The number of sulfonamides is 1. The maximum Gasteiger partial charge on any atom is 0.329 e. The molecule has 4 aromatic carbocycles. The minimum Gasteiger partial charge on any atom is -0.489 e. The molecule has 0 saturated carbocycles. The van der Waals surface area contributed by atoms with Crippen molar-refractivity contribution in [2.75, 3.05) is 5.32 Å². The molecule has 47 heavy (non-hydrogen) atoms. The molecule has 2 N–H and O–H groups in total. The second kappa shape index (κ2) is 15.4. The second-order valence-electron chi connectivity index (χ2n) is 10.5. The lowest BCUT2D eigenvalue weighted by Gasteiger charge is -2.21. The lowest BCUT2D eigenvalue weighted by atomic mass is 10.1. The van der Waals surface area contributed by atoms with Crippen LogP contribution in [0.3, 0.4) is 0 Å². The molecule has 0 bridgehead atoms. The number of amides is 2. The standard InChI is InChI=1S/C35H31ClN4O6S/c1-25-7-9-26(10-8-25)22-40(47(43,44)33-19-11-28(36)12-20-33)23-32-18-17-31(46-32)21-37-39-35(42)34(41)38-29-13-15-30(16-14-29)45-24-27-5-3-2-4-6-27/h2-21H,22-24H2,1H3,(H,38,41)(H,39,42)/b37-21+. The number of aryl methyl sites for hydroxylation is 1. The molecule has 0 aliphatic carbocycles. The third-order valence-electron chi connectivity index (χ3n) is 6.87. The van der Waals surface area contributed by atoms with Crippen LogP contribution in [0.1, 0.15) is 28.2 Å². The fourth-order valence-corrected chi connectivity index (χ4v) is 5.89. The van der Waals surface area contributed by atoms with Gasteiger partial charge in [-0.2, -0.15) is 9.41 Å². The Labute approximate surface area is 277 Å². The van der Waals surface area contributed by atoms with Crippen molar-refractivity contribution >= 4 is 45.3 Å². The number of nitrogens with zero attached hydrogens (tertiary/aromatic N) is 2. The summed E-state index contributed by atoms with van der Waals surface area (Å²) < 4.78 is 40.0. The maximum atomic E-state index is 13.6. The number of nitrogens with one attached hydrogen (secondary N) is 2. The minimum absolute atomic E-state index is 0.0719. The fraction of sp³-hybridized carbons (Fsp3) is 0.114. The van der Waals surface area contributed by atoms with Crippen LogP contribution in [0.15, 0.2) is 130 Å². The highest BCUT2D eigenvalue weighted by Gasteiger charge is 2.26. The predicted molar refractivity (Wildman–Crippen MR) is 179 cm³/mol. The van der Waals surface area contributed by atoms with E-state index in [-0.39, 0.29) is 23.7 Å². The van der Waals surface area contributed by atoms with Gasteiger partial charge in [0.05, 0.1) is 17.7 Å². The predicted octanol–water partition coefficient (Wildman–Crippen LogP) is 6.30. The lowest BCUT2D eigenvalue weighted by Crippen LogP contribution is -2.32. The van der Waals surface area contributed by atoms with Gasteiger partial charge in [-0.3, -0.25) is 9.59 Å². The van der Waals surface area contributed by atoms with Gasteiger partial charge in [0.2, 0.25) is 10.0 Å². The summed E-state index contributed by atoms with van der Waals surface area (Å²) in [4.78, 5) is 24.7.